The van der Waals surface area contributed by atoms with Crippen LogP contribution in [0.3, 0.4) is 0 Å². The molecule has 3 aliphatic rings. The van der Waals surface area contributed by atoms with Crippen molar-refractivity contribution < 1.29 is 9.59 Å². The molecule has 2 heterocycles. The Hall–Kier alpha value is -1.81. The fraction of sp³-hybridized carbons (Fsp3) is 0.600. The lowest BCUT2D eigenvalue weighted by atomic mass is 9.64. The minimum absolute atomic E-state index is 0.0216. The molecule has 30 heavy (non-hydrogen) atoms. The van der Waals surface area contributed by atoms with Gasteiger partial charge in [-0.15, -0.1) is 0 Å². The maximum Gasteiger partial charge on any atom is 0.245 e. The Balaban J connectivity index is 1.43. The molecule has 4 nitrogen and oxygen atoms in total. The molecule has 3 fully saturated rings. The lowest BCUT2D eigenvalue weighted by Crippen LogP contribution is -2.62. The topological polar surface area (TPSA) is 40.6 Å². The molecule has 162 valence electrons. The molecule has 2 saturated heterocycles. The van der Waals surface area contributed by atoms with Gasteiger partial charge < -0.3 is 9.80 Å². The number of halogens is 1. The molecule has 4 rings (SSSR count). The summed E-state index contributed by atoms with van der Waals surface area (Å²) in [6, 6.07) is 8.07. The number of carbonyl (C=O) groups is 2. The van der Waals surface area contributed by atoms with Crippen molar-refractivity contribution in [3.05, 3.63) is 47.5 Å². The quantitative estimate of drug-likeness (QED) is 0.643. The van der Waals surface area contributed by atoms with Gasteiger partial charge in [0.05, 0.1) is 0 Å². The third kappa shape index (κ3) is 4.16. The number of amides is 2. The zero-order valence-corrected chi connectivity index (χ0v) is 19.0. The average molecular weight is 429 g/mol. The summed E-state index contributed by atoms with van der Waals surface area (Å²) < 4.78 is 0. The van der Waals surface area contributed by atoms with E-state index < -0.39 is 0 Å². The van der Waals surface area contributed by atoms with Crippen LogP contribution in [-0.4, -0.2) is 47.8 Å². The van der Waals surface area contributed by atoms with Gasteiger partial charge in [-0.25, -0.2) is 0 Å². The molecule has 1 aromatic carbocycles. The number of rotatable bonds is 3. The first-order valence-corrected chi connectivity index (χ1v) is 11.6. The normalized spacial score (nSPS) is 27.4. The summed E-state index contributed by atoms with van der Waals surface area (Å²) in [5.41, 5.74) is 1.64. The van der Waals surface area contributed by atoms with Crippen LogP contribution < -0.4 is 0 Å². The summed E-state index contributed by atoms with van der Waals surface area (Å²) in [4.78, 5) is 29.3. The Morgan fingerprint density at radius 1 is 1.13 bits per heavy atom. The highest BCUT2D eigenvalue weighted by molar-refractivity contribution is 6.30. The van der Waals surface area contributed by atoms with Crippen molar-refractivity contribution in [3.8, 4) is 0 Å². The molecule has 2 aliphatic heterocycles. The van der Waals surface area contributed by atoms with Crippen LogP contribution in [-0.2, 0) is 9.59 Å². The summed E-state index contributed by atoms with van der Waals surface area (Å²) in [6.07, 6.45) is 6.40. The monoisotopic (exact) mass is 428 g/mol. The minimum Gasteiger partial charge on any atom is -0.342 e. The molecule has 2 atom stereocenters. The molecule has 2 amide bonds. The SMILES string of the molecule is C=CC(=O)N1CC2(CCN(C(=O)[C@H]3CCC(C)(C)C[C@@H]3c3cccc(Cl)c3)CC2)C1. The van der Waals surface area contributed by atoms with Crippen molar-refractivity contribution in [2.75, 3.05) is 26.2 Å². The van der Waals surface area contributed by atoms with E-state index in [-0.39, 0.29) is 28.6 Å². The molecule has 0 aromatic heterocycles. The summed E-state index contributed by atoms with van der Waals surface area (Å²) in [5.74, 6) is 0.586. The van der Waals surface area contributed by atoms with Gasteiger partial charge >= 0.3 is 0 Å². The minimum atomic E-state index is 0.0216. The van der Waals surface area contributed by atoms with E-state index in [2.05, 4.69) is 31.4 Å². The zero-order chi connectivity index (χ0) is 21.5. The number of nitrogens with zero attached hydrogens (tertiary/aromatic N) is 2. The van der Waals surface area contributed by atoms with Crippen LogP contribution in [0.2, 0.25) is 5.02 Å². The number of benzene rings is 1. The van der Waals surface area contributed by atoms with Crippen LogP contribution in [0.25, 0.3) is 0 Å². The molecule has 5 heteroatoms. The van der Waals surface area contributed by atoms with Crippen molar-refractivity contribution >= 4 is 23.4 Å². The van der Waals surface area contributed by atoms with Crippen LogP contribution in [0.4, 0.5) is 0 Å². The lowest BCUT2D eigenvalue weighted by Gasteiger charge is -2.54. The smallest absolute Gasteiger partial charge is 0.245 e. The maximum atomic E-state index is 13.6. The fourth-order valence-electron chi connectivity index (χ4n) is 5.77. The summed E-state index contributed by atoms with van der Waals surface area (Å²) in [6.45, 7) is 11.4. The highest BCUT2D eigenvalue weighted by Gasteiger charge is 2.48. The third-order valence-electron chi connectivity index (χ3n) is 7.66. The molecule has 1 aromatic rings. The Bertz CT molecular complexity index is 833. The zero-order valence-electron chi connectivity index (χ0n) is 18.2. The second-order valence-corrected chi connectivity index (χ2v) is 10.8. The van der Waals surface area contributed by atoms with Gasteiger partial charge in [-0.3, -0.25) is 9.59 Å². The first-order chi connectivity index (χ1) is 14.2. The molecule has 1 aliphatic carbocycles. The van der Waals surface area contributed by atoms with E-state index in [1.54, 1.807) is 0 Å². The Labute approximate surface area is 185 Å². The maximum absolute atomic E-state index is 13.6. The highest BCUT2D eigenvalue weighted by atomic mass is 35.5. The van der Waals surface area contributed by atoms with Crippen LogP contribution in [0.15, 0.2) is 36.9 Å². The van der Waals surface area contributed by atoms with E-state index in [1.807, 2.05) is 23.1 Å². The highest BCUT2D eigenvalue weighted by Crippen LogP contribution is 2.48. The number of carbonyl (C=O) groups excluding carboxylic acids is 2. The van der Waals surface area contributed by atoms with Crippen molar-refractivity contribution in [3.63, 3.8) is 0 Å². The molecule has 0 N–H and O–H groups in total. The van der Waals surface area contributed by atoms with Gasteiger partial charge in [-0.05, 0) is 67.2 Å². The summed E-state index contributed by atoms with van der Waals surface area (Å²) >= 11 is 6.28. The van der Waals surface area contributed by atoms with E-state index in [0.717, 1.165) is 63.3 Å². The van der Waals surface area contributed by atoms with Gasteiger partial charge in [0.1, 0.15) is 0 Å². The number of piperidine rings is 1. The predicted molar refractivity (Wildman–Crippen MR) is 120 cm³/mol. The lowest BCUT2D eigenvalue weighted by molar-refractivity contribution is -0.149. The van der Waals surface area contributed by atoms with E-state index >= 15 is 0 Å². The Kier molecular flexibility index (Phi) is 5.73. The first-order valence-electron chi connectivity index (χ1n) is 11.2. The van der Waals surface area contributed by atoms with Gasteiger partial charge in [-0.2, -0.15) is 0 Å². The largest absolute Gasteiger partial charge is 0.342 e. The summed E-state index contributed by atoms with van der Waals surface area (Å²) in [7, 11) is 0. The van der Waals surface area contributed by atoms with Gasteiger partial charge in [0.2, 0.25) is 11.8 Å². The van der Waals surface area contributed by atoms with Crippen LogP contribution in [0.1, 0.15) is 57.4 Å². The molecule has 0 unspecified atom stereocenters. The molecule has 1 saturated carbocycles. The average Bonchev–Trinajstić information content (AvgIpc) is 2.70. The molecule has 0 bridgehead atoms. The summed E-state index contributed by atoms with van der Waals surface area (Å²) in [5, 5.41) is 0.741. The van der Waals surface area contributed by atoms with E-state index in [9.17, 15) is 9.59 Å². The third-order valence-corrected chi connectivity index (χ3v) is 7.89. The van der Waals surface area contributed by atoms with Gasteiger partial charge in [0.25, 0.3) is 0 Å². The molecule has 1 spiro atoms. The molecule has 0 radical (unpaired) electrons. The first kappa shape index (κ1) is 21.4. The second kappa shape index (κ2) is 8.03. The molecular weight excluding hydrogens is 396 g/mol. The van der Waals surface area contributed by atoms with Crippen LogP contribution >= 0.6 is 11.6 Å². The van der Waals surface area contributed by atoms with Crippen molar-refractivity contribution in [2.45, 2.75) is 51.9 Å². The van der Waals surface area contributed by atoms with Gasteiger partial charge in [-0.1, -0.05) is 44.2 Å². The standard InChI is InChI=1S/C25H33ClN2O2/c1-4-22(29)28-16-25(17-28)10-12-27(13-11-25)23(30)20-8-9-24(2,3)15-21(20)18-6-5-7-19(26)14-18/h4-7,14,20-21H,1,8-13,15-17H2,2-3H3/t20-,21+/m0/s1. The molecular formula is C25H33ClN2O2. The number of likely N-dealkylation sites (tertiary alicyclic amines) is 2. The second-order valence-electron chi connectivity index (χ2n) is 10.4. The van der Waals surface area contributed by atoms with Gasteiger partial charge in [0, 0.05) is 42.5 Å². The number of hydrogen-bond donors (Lipinski definition) is 0. The van der Waals surface area contributed by atoms with Gasteiger partial charge in [0.15, 0.2) is 0 Å². The van der Waals surface area contributed by atoms with E-state index in [0.29, 0.717) is 5.91 Å². The fourth-order valence-corrected chi connectivity index (χ4v) is 5.97. The van der Waals surface area contributed by atoms with E-state index in [1.165, 1.54) is 11.6 Å². The van der Waals surface area contributed by atoms with Crippen molar-refractivity contribution in [1.82, 2.24) is 9.80 Å². The predicted octanol–water partition coefficient (Wildman–Crippen LogP) is 4.89. The Morgan fingerprint density at radius 3 is 2.47 bits per heavy atom. The van der Waals surface area contributed by atoms with E-state index in [4.69, 9.17) is 11.6 Å². The van der Waals surface area contributed by atoms with Crippen LogP contribution in [0, 0.1) is 16.7 Å². The van der Waals surface area contributed by atoms with Crippen LogP contribution in [0.5, 0.6) is 0 Å². The number of hydrogen-bond acceptors (Lipinski definition) is 2. The van der Waals surface area contributed by atoms with Crippen molar-refractivity contribution in [2.24, 2.45) is 16.7 Å². The Morgan fingerprint density at radius 2 is 1.83 bits per heavy atom. The van der Waals surface area contributed by atoms with Crippen molar-refractivity contribution in [1.29, 1.82) is 0 Å².